The van der Waals surface area contributed by atoms with E-state index in [0.29, 0.717) is 25.0 Å². The number of para-hydroxylation sites is 1. The van der Waals surface area contributed by atoms with Gasteiger partial charge in [-0.25, -0.2) is 0 Å². The molecule has 62 heavy (non-hydrogen) atoms. The zero-order valence-corrected chi connectivity index (χ0v) is 35.7. The van der Waals surface area contributed by atoms with Gasteiger partial charge in [0.1, 0.15) is 36.1 Å². The lowest BCUT2D eigenvalue weighted by atomic mass is 10.00. The van der Waals surface area contributed by atoms with Crippen LogP contribution in [0.2, 0.25) is 0 Å². The van der Waals surface area contributed by atoms with Gasteiger partial charge in [0.25, 0.3) is 5.91 Å². The number of methoxy groups -OCH3 is 1. The summed E-state index contributed by atoms with van der Waals surface area (Å²) in [5.74, 6) is -3.25. The number of fused-ring (bicyclic) bond motifs is 2. The minimum Gasteiger partial charge on any atom is -0.368 e. The number of hydrogen-bond acceptors (Lipinski definition) is 9. The molecule has 0 aliphatic rings. The van der Waals surface area contributed by atoms with Crippen molar-refractivity contribution in [2.45, 2.75) is 89.3 Å². The number of carbonyl (C=O) groups is 5. The van der Waals surface area contributed by atoms with Gasteiger partial charge >= 0.3 is 0 Å². The van der Waals surface area contributed by atoms with Crippen LogP contribution in [-0.4, -0.2) is 84.6 Å². The zero-order chi connectivity index (χ0) is 44.8. The molecule has 2 unspecified atom stereocenters. The van der Waals surface area contributed by atoms with E-state index in [2.05, 4.69) is 31.6 Å². The summed E-state index contributed by atoms with van der Waals surface area (Å²) in [5.41, 5.74) is 21.3. The fraction of sp³-hybridized carbons (Fsp3) is 0.340. The second-order valence-corrected chi connectivity index (χ2v) is 15.5. The quantitative estimate of drug-likeness (QED) is 0.0282. The maximum Gasteiger partial charge on any atom is 0.268 e. The summed E-state index contributed by atoms with van der Waals surface area (Å²) in [4.78, 5) is 72.2. The van der Waals surface area contributed by atoms with Crippen LogP contribution < -0.4 is 43.8 Å². The highest BCUT2D eigenvalue weighted by atomic mass is 16.5. The van der Waals surface area contributed by atoms with Crippen molar-refractivity contribution in [2.24, 2.45) is 17.2 Å². The lowest BCUT2D eigenvalue weighted by Gasteiger charge is -2.27. The molecule has 0 aliphatic heterocycles. The fourth-order valence-corrected chi connectivity index (χ4v) is 7.20. The van der Waals surface area contributed by atoms with Gasteiger partial charge in [-0.2, -0.15) is 0 Å². The number of hydrogen-bond donors (Lipinski definition) is 9. The van der Waals surface area contributed by atoms with Gasteiger partial charge in [-0.05, 0) is 91.7 Å². The molecule has 0 bridgehead atoms. The van der Waals surface area contributed by atoms with Crippen LogP contribution in [0.5, 0.6) is 0 Å². The minimum absolute atomic E-state index is 0.0304. The van der Waals surface area contributed by atoms with Crippen molar-refractivity contribution in [2.75, 3.05) is 13.7 Å². The third-order valence-electron chi connectivity index (χ3n) is 10.8. The summed E-state index contributed by atoms with van der Waals surface area (Å²) in [6.07, 6.45) is 2.60. The van der Waals surface area contributed by atoms with Gasteiger partial charge < -0.3 is 53.5 Å². The number of benzene rings is 4. The molecule has 12 N–H and O–H groups in total. The average Bonchev–Trinajstić information content (AvgIpc) is 3.68. The standard InChI is InChI=1S/C47H59N9O6/c1-28(33-22-21-32-16-8-9-17-34(32)25-33)41(56-47(62-4)29(2)49)46(61)52-30(3)43(58)54-40(26-35-27-51-37-19-11-10-18-36(35)37)45(60)55-39(24-31-14-6-5-7-15-31)44(59)53-38(42(50)57)20-12-13-23-48/h5-11,14-19,21-22,25,27,29-30,38-40,47,51,56H,12-13,20,23-24,26,48-49H2,1-4H3,(H2,50,57)(H,52,61)(H,53,59)(H,54,58)(H,55,60)/b41-28-/t29-,30-,38+,39-,40?,47?/m1/s1. The summed E-state index contributed by atoms with van der Waals surface area (Å²) in [7, 11) is 1.48. The first-order valence-electron chi connectivity index (χ1n) is 20.8. The number of amides is 5. The number of carbonyl (C=O) groups excluding carboxylic acids is 5. The molecule has 1 aromatic heterocycles. The van der Waals surface area contributed by atoms with Crippen LogP contribution in [0, 0.1) is 0 Å². The van der Waals surface area contributed by atoms with Gasteiger partial charge in [-0.1, -0.05) is 84.9 Å². The van der Waals surface area contributed by atoms with Gasteiger partial charge in [0, 0.05) is 43.1 Å². The highest BCUT2D eigenvalue weighted by Crippen LogP contribution is 2.24. The molecule has 0 fully saturated rings. The number of aromatic amines is 1. The number of ether oxygens (including phenoxy) is 1. The summed E-state index contributed by atoms with van der Waals surface area (Å²) >= 11 is 0. The Hall–Kier alpha value is -6.55. The lowest BCUT2D eigenvalue weighted by Crippen LogP contribution is -2.59. The normalized spacial score (nSPS) is 14.7. The Kier molecular flexibility index (Phi) is 16.8. The van der Waals surface area contributed by atoms with Crippen LogP contribution in [0.1, 0.15) is 56.7 Å². The number of nitrogens with one attached hydrogen (secondary N) is 6. The van der Waals surface area contributed by atoms with E-state index >= 15 is 0 Å². The third-order valence-corrected chi connectivity index (χ3v) is 10.8. The number of aromatic nitrogens is 1. The molecule has 5 amide bonds. The second kappa shape index (κ2) is 22.3. The highest BCUT2D eigenvalue weighted by Gasteiger charge is 2.32. The smallest absolute Gasteiger partial charge is 0.268 e. The van der Waals surface area contributed by atoms with Crippen molar-refractivity contribution in [3.63, 3.8) is 0 Å². The topological polar surface area (TPSA) is 249 Å². The number of allylic oxidation sites excluding steroid dienone is 1. The van der Waals surface area contributed by atoms with E-state index in [1.165, 1.54) is 14.0 Å². The first-order valence-corrected chi connectivity index (χ1v) is 20.8. The SMILES string of the molecule is COC(N/C(C(=O)N[C@H](C)C(=O)NC(Cc1c[nH]c2ccccc12)C(=O)N[C@H](Cc1ccccc1)C(=O)N[C@@H](CCCCN)C(N)=O)=C(/C)c1ccc2ccccc2c1)[C@@H](C)N. The van der Waals surface area contributed by atoms with E-state index in [0.717, 1.165) is 38.4 Å². The predicted octanol–water partition coefficient (Wildman–Crippen LogP) is 3.02. The molecule has 6 atom stereocenters. The molecule has 0 saturated heterocycles. The molecule has 0 spiro atoms. The van der Waals surface area contributed by atoms with Crippen molar-refractivity contribution >= 4 is 56.8 Å². The van der Waals surface area contributed by atoms with Gasteiger partial charge in [0.2, 0.25) is 23.6 Å². The number of nitrogens with two attached hydrogens (primary N) is 3. The van der Waals surface area contributed by atoms with Crippen LogP contribution in [0.4, 0.5) is 0 Å². The first-order chi connectivity index (χ1) is 29.8. The van der Waals surface area contributed by atoms with Crippen LogP contribution in [0.15, 0.2) is 109 Å². The van der Waals surface area contributed by atoms with E-state index in [1.807, 2.05) is 97.1 Å². The van der Waals surface area contributed by atoms with Crippen molar-refractivity contribution < 1.29 is 28.7 Å². The van der Waals surface area contributed by atoms with Crippen LogP contribution in [0.3, 0.4) is 0 Å². The minimum atomic E-state index is -1.22. The van der Waals surface area contributed by atoms with Gasteiger partial charge in [0.05, 0.1) is 0 Å². The number of unbranched alkanes of at least 4 members (excludes halogenated alkanes) is 1. The fourth-order valence-electron chi connectivity index (χ4n) is 7.20. The molecular weight excluding hydrogens is 787 g/mol. The second-order valence-electron chi connectivity index (χ2n) is 15.5. The third kappa shape index (κ3) is 12.5. The Bertz CT molecular complexity index is 2360. The summed E-state index contributed by atoms with van der Waals surface area (Å²) in [6.45, 7) is 5.46. The molecule has 0 radical (unpaired) electrons. The monoisotopic (exact) mass is 845 g/mol. The van der Waals surface area contributed by atoms with Gasteiger partial charge in [-0.3, -0.25) is 24.0 Å². The molecule has 5 rings (SSSR count). The van der Waals surface area contributed by atoms with Crippen molar-refractivity contribution in [1.82, 2.24) is 31.6 Å². The zero-order valence-electron chi connectivity index (χ0n) is 35.7. The van der Waals surface area contributed by atoms with E-state index in [9.17, 15) is 24.0 Å². The van der Waals surface area contributed by atoms with Crippen molar-refractivity contribution in [1.29, 1.82) is 0 Å². The lowest BCUT2D eigenvalue weighted by molar-refractivity contribution is -0.134. The Labute approximate surface area is 362 Å². The molecule has 328 valence electrons. The molecule has 15 nitrogen and oxygen atoms in total. The predicted molar refractivity (Wildman–Crippen MR) is 242 cm³/mol. The number of H-pyrrole nitrogens is 1. The van der Waals surface area contributed by atoms with E-state index in [4.69, 9.17) is 21.9 Å². The molecule has 1 heterocycles. The highest BCUT2D eigenvalue weighted by molar-refractivity contribution is 6.03. The van der Waals surface area contributed by atoms with E-state index < -0.39 is 66.0 Å². The molecule has 5 aromatic rings. The Balaban J connectivity index is 1.42. The van der Waals surface area contributed by atoms with Crippen LogP contribution in [-0.2, 0) is 41.6 Å². The Morgan fingerprint density at radius 3 is 2.02 bits per heavy atom. The molecule has 0 saturated carbocycles. The average molecular weight is 846 g/mol. The number of primary amides is 1. The molecular formula is C47H59N9O6. The summed E-state index contributed by atoms with van der Waals surface area (Å²) in [5, 5.41) is 17.2. The largest absolute Gasteiger partial charge is 0.368 e. The molecule has 0 aliphatic carbocycles. The van der Waals surface area contributed by atoms with Gasteiger partial charge in [0.15, 0.2) is 0 Å². The van der Waals surface area contributed by atoms with Crippen LogP contribution >= 0.6 is 0 Å². The maximum atomic E-state index is 14.4. The summed E-state index contributed by atoms with van der Waals surface area (Å²) in [6, 6.07) is 25.3. The first kappa shape index (κ1) is 46.5. The number of rotatable bonds is 22. The molecule has 4 aromatic carbocycles. The van der Waals surface area contributed by atoms with E-state index in [-0.39, 0.29) is 25.0 Å². The Morgan fingerprint density at radius 1 is 0.710 bits per heavy atom. The van der Waals surface area contributed by atoms with Gasteiger partial charge in [-0.15, -0.1) is 0 Å². The van der Waals surface area contributed by atoms with Crippen molar-refractivity contribution in [3.05, 3.63) is 126 Å². The van der Waals surface area contributed by atoms with E-state index in [1.54, 1.807) is 20.0 Å². The van der Waals surface area contributed by atoms with Crippen molar-refractivity contribution in [3.8, 4) is 0 Å². The summed E-state index contributed by atoms with van der Waals surface area (Å²) < 4.78 is 5.57. The Morgan fingerprint density at radius 2 is 1.34 bits per heavy atom. The maximum absolute atomic E-state index is 14.4. The molecule has 15 heteroatoms. The van der Waals surface area contributed by atoms with Crippen LogP contribution in [0.25, 0.3) is 27.2 Å².